The molecule has 1 aliphatic heterocycles. The zero-order chi connectivity index (χ0) is 13.0. The van der Waals surface area contributed by atoms with E-state index in [2.05, 4.69) is 6.58 Å². The monoisotopic (exact) mass is 254 g/mol. The molecule has 0 aliphatic carbocycles. The molecule has 0 radical (unpaired) electrons. The van der Waals surface area contributed by atoms with Crippen molar-refractivity contribution in [3.63, 3.8) is 0 Å². The predicted molar refractivity (Wildman–Crippen MR) is 63.9 cm³/mol. The first kappa shape index (κ1) is 13.2. The van der Waals surface area contributed by atoms with E-state index in [-0.39, 0.29) is 0 Å². The number of halogens is 2. The van der Waals surface area contributed by atoms with Crippen LogP contribution in [-0.4, -0.2) is 13.2 Å². The molecule has 0 bridgehead atoms. The Balaban J connectivity index is 1.92. The Bertz CT molecular complexity index is 412. The van der Waals surface area contributed by atoms with Gasteiger partial charge >= 0.3 is 0 Å². The summed E-state index contributed by atoms with van der Waals surface area (Å²) in [5.74, 6) is -1.41. The first-order valence-electron chi connectivity index (χ1n) is 5.99. The van der Waals surface area contributed by atoms with Crippen LogP contribution in [0.5, 0.6) is 0 Å². The fourth-order valence-corrected chi connectivity index (χ4v) is 1.91. The molecule has 1 aromatic carbocycles. The Morgan fingerprint density at radius 2 is 1.94 bits per heavy atom. The second-order valence-electron chi connectivity index (χ2n) is 4.40. The van der Waals surface area contributed by atoms with Crippen molar-refractivity contribution in [1.29, 1.82) is 0 Å². The van der Waals surface area contributed by atoms with Crippen molar-refractivity contribution in [2.45, 2.75) is 19.1 Å². The maximum absolute atomic E-state index is 13.1. The molecule has 1 aromatic rings. The van der Waals surface area contributed by atoms with Crippen molar-refractivity contribution < 1.29 is 18.3 Å². The molecule has 0 amide bonds. The topological polar surface area (TPSA) is 18.5 Å². The fraction of sp³-hybridized carbons (Fsp3) is 0.429. The van der Waals surface area contributed by atoms with Crippen LogP contribution in [0.25, 0.3) is 0 Å². The average Bonchev–Trinajstić information content (AvgIpc) is 2.40. The quantitative estimate of drug-likeness (QED) is 0.764. The molecule has 1 aliphatic rings. The lowest BCUT2D eigenvalue weighted by Gasteiger charge is -2.29. The third-order valence-corrected chi connectivity index (χ3v) is 2.96. The molecule has 0 atom stereocenters. The van der Waals surface area contributed by atoms with Gasteiger partial charge in [0.2, 0.25) is 0 Å². The van der Waals surface area contributed by atoms with Gasteiger partial charge in [-0.05, 0) is 25.0 Å². The van der Waals surface area contributed by atoms with E-state index in [1.807, 2.05) is 6.08 Å². The Morgan fingerprint density at radius 3 is 2.56 bits per heavy atom. The number of ether oxygens (including phenoxy) is 2. The van der Waals surface area contributed by atoms with Crippen LogP contribution in [0.4, 0.5) is 8.78 Å². The minimum absolute atomic E-state index is 0.338. The van der Waals surface area contributed by atoms with E-state index in [9.17, 15) is 8.78 Å². The summed E-state index contributed by atoms with van der Waals surface area (Å²) in [5, 5.41) is 0. The van der Waals surface area contributed by atoms with Gasteiger partial charge in [-0.1, -0.05) is 12.1 Å². The summed E-state index contributed by atoms with van der Waals surface area (Å²) < 4.78 is 36.9. The molecular weight excluding hydrogens is 238 g/mol. The molecule has 0 N–H and O–H groups in total. The van der Waals surface area contributed by atoms with Crippen molar-refractivity contribution in [3.8, 4) is 0 Å². The van der Waals surface area contributed by atoms with E-state index >= 15 is 0 Å². The molecule has 1 fully saturated rings. The number of rotatable bonds is 4. The highest BCUT2D eigenvalue weighted by molar-refractivity contribution is 5.19. The molecule has 18 heavy (non-hydrogen) atoms. The minimum atomic E-state index is -0.881. The van der Waals surface area contributed by atoms with Crippen LogP contribution < -0.4 is 0 Å². The molecule has 1 saturated heterocycles. The number of allylic oxidation sites excluding steroid dienone is 1. The van der Waals surface area contributed by atoms with E-state index in [1.165, 1.54) is 6.07 Å². The molecule has 1 heterocycles. The summed E-state index contributed by atoms with van der Waals surface area (Å²) in [6, 6.07) is 3.68. The number of hydrogen-bond acceptors (Lipinski definition) is 2. The van der Waals surface area contributed by atoms with Crippen molar-refractivity contribution in [2.75, 3.05) is 13.2 Å². The largest absolute Gasteiger partial charge is 0.348 e. The summed E-state index contributed by atoms with van der Waals surface area (Å²) in [7, 11) is 0. The molecule has 98 valence electrons. The van der Waals surface area contributed by atoms with E-state index in [4.69, 9.17) is 9.47 Å². The summed E-state index contributed by atoms with van der Waals surface area (Å²) in [5.41, 5.74) is 0.510. The lowest BCUT2D eigenvalue weighted by molar-refractivity contribution is -0.205. The summed E-state index contributed by atoms with van der Waals surface area (Å²) in [6.45, 7) is 4.80. The maximum Gasteiger partial charge on any atom is 0.183 e. The fourth-order valence-electron chi connectivity index (χ4n) is 1.91. The zero-order valence-electron chi connectivity index (χ0n) is 10.1. The second kappa shape index (κ2) is 6.07. The van der Waals surface area contributed by atoms with Gasteiger partial charge in [0.1, 0.15) is 0 Å². The molecule has 2 nitrogen and oxygen atoms in total. The van der Waals surface area contributed by atoms with Gasteiger partial charge < -0.3 is 9.47 Å². The molecule has 2 rings (SSSR count). The second-order valence-corrected chi connectivity index (χ2v) is 4.40. The molecule has 0 aromatic heterocycles. The molecule has 0 unspecified atom stereocenters. The van der Waals surface area contributed by atoms with Crippen LogP contribution in [0.3, 0.4) is 0 Å². The van der Waals surface area contributed by atoms with Gasteiger partial charge in [0.15, 0.2) is 17.9 Å². The Hall–Kier alpha value is -1.26. The van der Waals surface area contributed by atoms with Crippen LogP contribution >= 0.6 is 0 Å². The third-order valence-electron chi connectivity index (χ3n) is 2.96. The zero-order valence-corrected chi connectivity index (χ0v) is 10.1. The highest BCUT2D eigenvalue weighted by Gasteiger charge is 2.23. The first-order valence-corrected chi connectivity index (χ1v) is 5.99. The van der Waals surface area contributed by atoms with Crippen LogP contribution in [-0.2, 0) is 9.47 Å². The lowest BCUT2D eigenvalue weighted by atomic mass is 10.0. The van der Waals surface area contributed by atoms with Crippen molar-refractivity contribution in [2.24, 2.45) is 5.92 Å². The Labute approximate surface area is 105 Å². The molecule has 0 saturated carbocycles. The number of hydrogen-bond donors (Lipinski definition) is 0. The average molecular weight is 254 g/mol. The van der Waals surface area contributed by atoms with E-state index in [1.54, 1.807) is 0 Å². The van der Waals surface area contributed by atoms with Gasteiger partial charge in [-0.25, -0.2) is 8.78 Å². The highest BCUT2D eigenvalue weighted by atomic mass is 19.2. The maximum atomic E-state index is 13.1. The van der Waals surface area contributed by atoms with E-state index < -0.39 is 17.9 Å². The smallest absolute Gasteiger partial charge is 0.183 e. The summed E-state index contributed by atoms with van der Waals surface area (Å²) >= 11 is 0. The van der Waals surface area contributed by atoms with Crippen LogP contribution in [0.15, 0.2) is 30.9 Å². The van der Waals surface area contributed by atoms with Gasteiger partial charge in [-0.2, -0.15) is 0 Å². The SMILES string of the molecule is C=CCCC1COC(c2ccc(F)c(F)c2)OC1. The Kier molecular flexibility index (Phi) is 4.44. The van der Waals surface area contributed by atoms with E-state index in [0.717, 1.165) is 25.0 Å². The molecular formula is C14H16F2O2. The summed E-state index contributed by atoms with van der Waals surface area (Å²) in [6.07, 6.45) is 3.16. The standard InChI is InChI=1S/C14H16F2O2/c1-2-3-4-10-8-17-14(18-9-10)11-5-6-12(15)13(16)7-11/h2,5-7,10,14H,1,3-4,8-9H2. The van der Waals surface area contributed by atoms with Crippen LogP contribution in [0.2, 0.25) is 0 Å². The van der Waals surface area contributed by atoms with Crippen LogP contribution in [0, 0.1) is 17.6 Å². The van der Waals surface area contributed by atoms with Gasteiger partial charge in [0.25, 0.3) is 0 Å². The molecule has 0 spiro atoms. The van der Waals surface area contributed by atoms with Crippen LogP contribution in [0.1, 0.15) is 24.7 Å². The van der Waals surface area contributed by atoms with Crippen molar-refractivity contribution in [1.82, 2.24) is 0 Å². The third kappa shape index (κ3) is 3.15. The minimum Gasteiger partial charge on any atom is -0.348 e. The predicted octanol–water partition coefficient (Wildman–Crippen LogP) is 3.59. The van der Waals surface area contributed by atoms with Crippen molar-refractivity contribution >= 4 is 0 Å². The normalized spacial score (nSPS) is 23.9. The Morgan fingerprint density at radius 1 is 1.22 bits per heavy atom. The lowest BCUT2D eigenvalue weighted by Crippen LogP contribution is -2.27. The highest BCUT2D eigenvalue weighted by Crippen LogP contribution is 2.27. The number of benzene rings is 1. The van der Waals surface area contributed by atoms with Gasteiger partial charge in [-0.3, -0.25) is 0 Å². The first-order chi connectivity index (χ1) is 8.70. The van der Waals surface area contributed by atoms with Crippen molar-refractivity contribution in [3.05, 3.63) is 48.1 Å². The van der Waals surface area contributed by atoms with Gasteiger partial charge in [0, 0.05) is 11.5 Å². The van der Waals surface area contributed by atoms with E-state index in [0.29, 0.717) is 24.7 Å². The summed E-state index contributed by atoms with van der Waals surface area (Å²) in [4.78, 5) is 0. The molecule has 4 heteroatoms. The van der Waals surface area contributed by atoms with Gasteiger partial charge in [0.05, 0.1) is 13.2 Å². The van der Waals surface area contributed by atoms with Gasteiger partial charge in [-0.15, -0.1) is 6.58 Å².